The van der Waals surface area contributed by atoms with Gasteiger partial charge in [0.1, 0.15) is 5.75 Å². The molecule has 1 aromatic rings. The molecule has 2 N–H and O–H groups in total. The van der Waals surface area contributed by atoms with Crippen LogP contribution in [0.2, 0.25) is 0 Å². The minimum Gasteiger partial charge on any atom is -0.496 e. The second-order valence-corrected chi connectivity index (χ2v) is 6.59. The molecule has 2 rings (SSSR count). The predicted octanol–water partition coefficient (Wildman–Crippen LogP) is 2.11. The van der Waals surface area contributed by atoms with Crippen molar-refractivity contribution < 1.29 is 9.53 Å². The van der Waals surface area contributed by atoms with Crippen LogP contribution >= 0.6 is 0 Å². The highest BCUT2D eigenvalue weighted by Gasteiger charge is 2.18. The van der Waals surface area contributed by atoms with Crippen LogP contribution in [-0.4, -0.2) is 56.6 Å². The van der Waals surface area contributed by atoms with Crippen molar-refractivity contribution in [2.24, 2.45) is 4.99 Å². The van der Waals surface area contributed by atoms with Crippen LogP contribution in [0.25, 0.3) is 0 Å². The highest BCUT2D eigenvalue weighted by molar-refractivity contribution is 5.79. The van der Waals surface area contributed by atoms with Gasteiger partial charge in [0.2, 0.25) is 5.91 Å². The van der Waals surface area contributed by atoms with E-state index in [0.29, 0.717) is 13.0 Å². The van der Waals surface area contributed by atoms with Crippen molar-refractivity contribution in [1.82, 2.24) is 15.5 Å². The standard InChI is InChI=1S/C20H32N4O2/c1-4-21-20(22-11-6-14-24-13-5-7-19(24)25)23-12-10-17-15-16(2)8-9-18(17)26-3/h8-9,15H,4-7,10-14H2,1-3H3,(H2,21,22,23). The number of aryl methyl sites for hydroxylation is 1. The molecule has 0 bridgehead atoms. The molecule has 0 spiro atoms. The molecule has 0 aromatic heterocycles. The SMILES string of the molecule is CCNC(=NCCCN1CCCC1=O)NCCc1cc(C)ccc1OC. The first kappa shape index (κ1) is 20.1. The van der Waals surface area contributed by atoms with E-state index in [4.69, 9.17) is 4.74 Å². The molecule has 26 heavy (non-hydrogen) atoms. The maximum absolute atomic E-state index is 11.6. The van der Waals surface area contributed by atoms with Crippen LogP contribution in [0.4, 0.5) is 0 Å². The Bertz CT molecular complexity index is 616. The number of aliphatic imine (C=N–C) groups is 1. The lowest BCUT2D eigenvalue weighted by Gasteiger charge is -2.15. The second-order valence-electron chi connectivity index (χ2n) is 6.59. The lowest BCUT2D eigenvalue weighted by molar-refractivity contribution is -0.127. The predicted molar refractivity (Wildman–Crippen MR) is 106 cm³/mol. The summed E-state index contributed by atoms with van der Waals surface area (Å²) >= 11 is 0. The number of guanidine groups is 1. The molecule has 144 valence electrons. The van der Waals surface area contributed by atoms with Gasteiger partial charge in [0, 0.05) is 39.1 Å². The van der Waals surface area contributed by atoms with Crippen LogP contribution in [0.15, 0.2) is 23.2 Å². The van der Waals surface area contributed by atoms with Gasteiger partial charge < -0.3 is 20.3 Å². The van der Waals surface area contributed by atoms with Gasteiger partial charge in [0.15, 0.2) is 5.96 Å². The molecule has 0 unspecified atom stereocenters. The number of benzene rings is 1. The third-order valence-electron chi connectivity index (χ3n) is 4.49. The lowest BCUT2D eigenvalue weighted by atomic mass is 10.1. The van der Waals surface area contributed by atoms with E-state index in [1.165, 1.54) is 11.1 Å². The Kier molecular flexibility index (Phi) is 8.25. The molecule has 1 aromatic carbocycles. The Balaban J connectivity index is 1.78. The number of hydrogen-bond acceptors (Lipinski definition) is 3. The van der Waals surface area contributed by atoms with Gasteiger partial charge in [-0.2, -0.15) is 0 Å². The summed E-state index contributed by atoms with van der Waals surface area (Å²) in [6, 6.07) is 6.24. The zero-order valence-electron chi connectivity index (χ0n) is 16.3. The number of nitrogens with one attached hydrogen (secondary N) is 2. The van der Waals surface area contributed by atoms with E-state index in [9.17, 15) is 4.79 Å². The molecule has 1 saturated heterocycles. The van der Waals surface area contributed by atoms with E-state index < -0.39 is 0 Å². The largest absolute Gasteiger partial charge is 0.496 e. The van der Waals surface area contributed by atoms with E-state index in [1.54, 1.807) is 7.11 Å². The van der Waals surface area contributed by atoms with Crippen molar-refractivity contribution in [1.29, 1.82) is 0 Å². The van der Waals surface area contributed by atoms with Gasteiger partial charge in [0.25, 0.3) is 0 Å². The van der Waals surface area contributed by atoms with E-state index in [-0.39, 0.29) is 5.91 Å². The Morgan fingerprint density at radius 1 is 1.35 bits per heavy atom. The number of ether oxygens (including phenoxy) is 1. The minimum atomic E-state index is 0.283. The third kappa shape index (κ3) is 6.24. The van der Waals surface area contributed by atoms with E-state index in [0.717, 1.165) is 57.2 Å². The van der Waals surface area contributed by atoms with Crippen LogP contribution in [0, 0.1) is 6.92 Å². The summed E-state index contributed by atoms with van der Waals surface area (Å²) in [4.78, 5) is 18.2. The van der Waals surface area contributed by atoms with Gasteiger partial charge in [-0.1, -0.05) is 17.7 Å². The van der Waals surface area contributed by atoms with Crippen molar-refractivity contribution >= 4 is 11.9 Å². The van der Waals surface area contributed by atoms with Crippen molar-refractivity contribution in [2.75, 3.05) is 39.8 Å². The van der Waals surface area contributed by atoms with Gasteiger partial charge in [-0.3, -0.25) is 9.79 Å². The molecule has 0 aliphatic carbocycles. The lowest BCUT2D eigenvalue weighted by Crippen LogP contribution is -2.38. The average molecular weight is 361 g/mol. The molecule has 0 atom stereocenters. The zero-order chi connectivity index (χ0) is 18.8. The summed E-state index contributed by atoms with van der Waals surface area (Å²) < 4.78 is 5.44. The average Bonchev–Trinajstić information content (AvgIpc) is 3.04. The molecule has 1 aliphatic rings. The highest BCUT2D eigenvalue weighted by Crippen LogP contribution is 2.19. The molecule has 1 heterocycles. The van der Waals surface area contributed by atoms with Crippen molar-refractivity contribution in [3.05, 3.63) is 29.3 Å². The number of amides is 1. The first-order valence-corrected chi connectivity index (χ1v) is 9.57. The van der Waals surface area contributed by atoms with Gasteiger partial charge in [0.05, 0.1) is 7.11 Å². The molecular formula is C20H32N4O2. The molecular weight excluding hydrogens is 328 g/mol. The summed E-state index contributed by atoms with van der Waals surface area (Å²) in [6.45, 7) is 8.19. The number of rotatable bonds is 9. The molecule has 6 nitrogen and oxygen atoms in total. The second kappa shape index (κ2) is 10.7. The first-order chi connectivity index (χ1) is 12.6. The monoisotopic (exact) mass is 360 g/mol. The Hall–Kier alpha value is -2.24. The molecule has 0 radical (unpaired) electrons. The number of carbonyl (C=O) groups excluding carboxylic acids is 1. The van der Waals surface area contributed by atoms with Crippen molar-refractivity contribution in [3.8, 4) is 5.75 Å². The maximum Gasteiger partial charge on any atom is 0.222 e. The summed E-state index contributed by atoms with van der Waals surface area (Å²) in [5.41, 5.74) is 2.43. The van der Waals surface area contributed by atoms with Crippen LogP contribution in [-0.2, 0) is 11.2 Å². The normalized spacial score (nSPS) is 14.7. The smallest absolute Gasteiger partial charge is 0.222 e. The van der Waals surface area contributed by atoms with Crippen LogP contribution in [0.5, 0.6) is 5.75 Å². The van der Waals surface area contributed by atoms with E-state index in [1.807, 2.05) is 11.0 Å². The van der Waals surface area contributed by atoms with Crippen LogP contribution < -0.4 is 15.4 Å². The number of carbonyl (C=O) groups is 1. The topological polar surface area (TPSA) is 66.0 Å². The summed E-state index contributed by atoms with van der Waals surface area (Å²) in [7, 11) is 1.71. The Morgan fingerprint density at radius 2 is 2.19 bits per heavy atom. The minimum absolute atomic E-state index is 0.283. The molecule has 1 fully saturated rings. The summed E-state index contributed by atoms with van der Waals surface area (Å²) in [6.07, 6.45) is 3.47. The molecule has 1 aliphatic heterocycles. The number of hydrogen-bond donors (Lipinski definition) is 2. The molecule has 1 amide bonds. The summed E-state index contributed by atoms with van der Waals surface area (Å²) in [5, 5.41) is 6.65. The van der Waals surface area contributed by atoms with Gasteiger partial charge in [-0.15, -0.1) is 0 Å². The van der Waals surface area contributed by atoms with Crippen molar-refractivity contribution in [3.63, 3.8) is 0 Å². The number of likely N-dealkylation sites (tertiary alicyclic amines) is 1. The first-order valence-electron chi connectivity index (χ1n) is 9.57. The molecule has 0 saturated carbocycles. The highest BCUT2D eigenvalue weighted by atomic mass is 16.5. The number of methoxy groups -OCH3 is 1. The van der Waals surface area contributed by atoms with Gasteiger partial charge in [-0.05, 0) is 44.7 Å². The fraction of sp³-hybridized carbons (Fsp3) is 0.600. The van der Waals surface area contributed by atoms with Crippen LogP contribution in [0.1, 0.15) is 37.3 Å². The Labute approximate surface area is 157 Å². The summed E-state index contributed by atoms with van der Waals surface area (Å²) in [5.74, 6) is 2.03. The van der Waals surface area contributed by atoms with E-state index in [2.05, 4.69) is 41.6 Å². The Morgan fingerprint density at radius 3 is 2.88 bits per heavy atom. The van der Waals surface area contributed by atoms with Gasteiger partial charge >= 0.3 is 0 Å². The molecule has 6 heteroatoms. The number of nitrogens with zero attached hydrogens (tertiary/aromatic N) is 2. The third-order valence-corrected chi connectivity index (χ3v) is 4.49. The fourth-order valence-corrected chi connectivity index (χ4v) is 3.15. The van der Waals surface area contributed by atoms with Gasteiger partial charge in [-0.25, -0.2) is 0 Å². The fourth-order valence-electron chi connectivity index (χ4n) is 3.15. The van der Waals surface area contributed by atoms with E-state index >= 15 is 0 Å². The van der Waals surface area contributed by atoms with Crippen molar-refractivity contribution in [2.45, 2.75) is 39.5 Å². The maximum atomic E-state index is 11.6. The zero-order valence-corrected chi connectivity index (χ0v) is 16.3. The quantitative estimate of drug-likeness (QED) is 0.402. The van der Waals surface area contributed by atoms with Crippen LogP contribution in [0.3, 0.4) is 0 Å².